The molecule has 0 amide bonds. The Morgan fingerprint density at radius 2 is 2.00 bits per heavy atom. The van der Waals surface area contributed by atoms with Crippen LogP contribution >= 0.6 is 11.6 Å². The summed E-state index contributed by atoms with van der Waals surface area (Å²) in [7, 11) is 0. The Morgan fingerprint density at radius 3 is 2.71 bits per heavy atom. The third-order valence-electron chi connectivity index (χ3n) is 3.11. The van der Waals surface area contributed by atoms with Crippen LogP contribution in [-0.2, 0) is 0 Å². The number of aromatic nitrogens is 4. The lowest BCUT2D eigenvalue weighted by molar-refractivity contribution is 0.625. The SMILES string of the molecule is Cc1cc(F)ccc1-n1nnnc1-c1ccc(Cl)cc1N. The molecule has 0 saturated carbocycles. The highest BCUT2D eigenvalue weighted by atomic mass is 35.5. The molecule has 2 N–H and O–H groups in total. The van der Waals surface area contributed by atoms with Crippen LogP contribution in [0.1, 0.15) is 5.56 Å². The molecular formula is C14H11ClFN5. The molecule has 3 aromatic rings. The van der Waals surface area contributed by atoms with Gasteiger partial charge in [0.05, 0.1) is 5.69 Å². The normalized spacial score (nSPS) is 10.8. The van der Waals surface area contributed by atoms with E-state index in [1.165, 1.54) is 16.8 Å². The largest absolute Gasteiger partial charge is 0.398 e. The van der Waals surface area contributed by atoms with Gasteiger partial charge >= 0.3 is 0 Å². The van der Waals surface area contributed by atoms with Crippen molar-refractivity contribution in [3.8, 4) is 17.1 Å². The highest BCUT2D eigenvalue weighted by Crippen LogP contribution is 2.28. The van der Waals surface area contributed by atoms with Crippen LogP contribution in [0.15, 0.2) is 36.4 Å². The van der Waals surface area contributed by atoms with E-state index < -0.39 is 0 Å². The smallest absolute Gasteiger partial charge is 0.189 e. The number of hydrogen-bond acceptors (Lipinski definition) is 4. The summed E-state index contributed by atoms with van der Waals surface area (Å²) in [5.41, 5.74) is 8.50. The van der Waals surface area contributed by atoms with Gasteiger partial charge in [-0.3, -0.25) is 0 Å². The molecule has 0 bridgehead atoms. The molecule has 5 nitrogen and oxygen atoms in total. The van der Waals surface area contributed by atoms with Gasteiger partial charge in [0.25, 0.3) is 0 Å². The topological polar surface area (TPSA) is 69.6 Å². The minimum Gasteiger partial charge on any atom is -0.398 e. The second-order valence-electron chi connectivity index (χ2n) is 4.58. The van der Waals surface area contributed by atoms with Crippen molar-refractivity contribution in [2.45, 2.75) is 6.92 Å². The van der Waals surface area contributed by atoms with Crippen molar-refractivity contribution < 1.29 is 4.39 Å². The van der Waals surface area contributed by atoms with Crippen LogP contribution in [0.5, 0.6) is 0 Å². The number of aryl methyl sites for hydroxylation is 1. The number of nitrogen functional groups attached to an aromatic ring is 1. The van der Waals surface area contributed by atoms with Gasteiger partial charge in [0.1, 0.15) is 5.82 Å². The zero-order valence-electron chi connectivity index (χ0n) is 11.1. The minimum atomic E-state index is -0.308. The van der Waals surface area contributed by atoms with E-state index in [-0.39, 0.29) is 5.82 Å². The van der Waals surface area contributed by atoms with Gasteiger partial charge in [-0.15, -0.1) is 5.10 Å². The van der Waals surface area contributed by atoms with Crippen LogP contribution in [0.3, 0.4) is 0 Å². The molecule has 0 aliphatic heterocycles. The van der Waals surface area contributed by atoms with Gasteiger partial charge in [0, 0.05) is 16.3 Å². The molecule has 0 unspecified atom stereocenters. The lowest BCUT2D eigenvalue weighted by atomic mass is 10.1. The monoisotopic (exact) mass is 303 g/mol. The van der Waals surface area contributed by atoms with E-state index in [1.54, 1.807) is 31.2 Å². The average Bonchev–Trinajstić information content (AvgIpc) is 2.87. The summed E-state index contributed by atoms with van der Waals surface area (Å²) in [6, 6.07) is 9.50. The number of benzene rings is 2. The molecule has 21 heavy (non-hydrogen) atoms. The maximum atomic E-state index is 13.2. The number of nitrogens with two attached hydrogens (primary N) is 1. The number of halogens is 2. The third kappa shape index (κ3) is 2.45. The number of nitrogens with zero attached hydrogens (tertiary/aromatic N) is 4. The zero-order chi connectivity index (χ0) is 15.0. The molecule has 0 fully saturated rings. The fraction of sp³-hybridized carbons (Fsp3) is 0.0714. The standard InChI is InChI=1S/C14H11ClFN5/c1-8-6-10(16)3-5-13(8)21-14(18-19-20-21)11-4-2-9(15)7-12(11)17/h2-7H,17H2,1H3. The molecular weight excluding hydrogens is 293 g/mol. The number of hydrogen-bond donors (Lipinski definition) is 1. The van der Waals surface area contributed by atoms with Gasteiger partial charge in [-0.1, -0.05) is 11.6 Å². The maximum absolute atomic E-state index is 13.2. The lowest BCUT2D eigenvalue weighted by Crippen LogP contribution is -2.04. The van der Waals surface area contributed by atoms with E-state index in [1.807, 2.05) is 0 Å². The molecule has 0 atom stereocenters. The van der Waals surface area contributed by atoms with Crippen molar-refractivity contribution in [1.29, 1.82) is 0 Å². The second kappa shape index (κ2) is 5.14. The summed E-state index contributed by atoms with van der Waals surface area (Å²) in [6.07, 6.45) is 0. The molecule has 2 aromatic carbocycles. The van der Waals surface area contributed by atoms with E-state index in [4.69, 9.17) is 17.3 Å². The van der Waals surface area contributed by atoms with Crippen LogP contribution in [0.2, 0.25) is 5.02 Å². The van der Waals surface area contributed by atoms with Gasteiger partial charge in [0.15, 0.2) is 5.82 Å². The van der Waals surface area contributed by atoms with Crippen molar-refractivity contribution in [2.75, 3.05) is 5.73 Å². The number of rotatable bonds is 2. The van der Waals surface area contributed by atoms with E-state index in [9.17, 15) is 4.39 Å². The summed E-state index contributed by atoms with van der Waals surface area (Å²) >= 11 is 5.90. The molecule has 7 heteroatoms. The van der Waals surface area contributed by atoms with E-state index in [2.05, 4.69) is 15.5 Å². The van der Waals surface area contributed by atoms with Crippen molar-refractivity contribution in [1.82, 2.24) is 20.2 Å². The van der Waals surface area contributed by atoms with E-state index >= 15 is 0 Å². The van der Waals surface area contributed by atoms with Crippen LogP contribution in [0.25, 0.3) is 17.1 Å². The Kier molecular flexibility index (Phi) is 3.31. The van der Waals surface area contributed by atoms with Gasteiger partial charge < -0.3 is 5.73 Å². The zero-order valence-corrected chi connectivity index (χ0v) is 11.8. The van der Waals surface area contributed by atoms with E-state index in [0.29, 0.717) is 27.8 Å². The highest BCUT2D eigenvalue weighted by molar-refractivity contribution is 6.31. The summed E-state index contributed by atoms with van der Waals surface area (Å²) in [4.78, 5) is 0. The third-order valence-corrected chi connectivity index (χ3v) is 3.35. The number of tetrazole rings is 1. The Balaban J connectivity index is 2.17. The van der Waals surface area contributed by atoms with Crippen LogP contribution in [0, 0.1) is 12.7 Å². The number of anilines is 1. The lowest BCUT2D eigenvalue weighted by Gasteiger charge is -2.09. The fourth-order valence-electron chi connectivity index (χ4n) is 2.11. The van der Waals surface area contributed by atoms with E-state index in [0.717, 1.165) is 5.56 Å². The van der Waals surface area contributed by atoms with Gasteiger partial charge in [-0.25, -0.2) is 4.39 Å². The predicted molar refractivity (Wildman–Crippen MR) is 78.7 cm³/mol. The molecule has 0 radical (unpaired) electrons. The van der Waals surface area contributed by atoms with Crippen molar-refractivity contribution in [2.24, 2.45) is 0 Å². The van der Waals surface area contributed by atoms with Gasteiger partial charge in [0.2, 0.25) is 0 Å². The van der Waals surface area contributed by atoms with Crippen molar-refractivity contribution in [3.63, 3.8) is 0 Å². The molecule has 0 saturated heterocycles. The Bertz CT molecular complexity index is 749. The molecule has 0 aliphatic carbocycles. The molecule has 0 spiro atoms. The summed E-state index contributed by atoms with van der Waals surface area (Å²) in [5, 5.41) is 12.2. The predicted octanol–water partition coefficient (Wildman–Crippen LogP) is 3.01. The molecule has 1 heterocycles. The molecule has 0 aliphatic rings. The molecule has 1 aromatic heterocycles. The summed E-state index contributed by atoms with van der Waals surface area (Å²) < 4.78 is 14.7. The molecule has 106 valence electrons. The van der Waals surface area contributed by atoms with Gasteiger partial charge in [-0.2, -0.15) is 4.68 Å². The molecule has 3 rings (SSSR count). The maximum Gasteiger partial charge on any atom is 0.189 e. The highest BCUT2D eigenvalue weighted by Gasteiger charge is 2.15. The second-order valence-corrected chi connectivity index (χ2v) is 5.01. The Morgan fingerprint density at radius 1 is 1.19 bits per heavy atom. The quantitative estimate of drug-likeness (QED) is 0.739. The Labute approximate surface area is 125 Å². The van der Waals surface area contributed by atoms with Crippen molar-refractivity contribution >= 4 is 17.3 Å². The summed E-state index contributed by atoms with van der Waals surface area (Å²) in [5.74, 6) is 0.163. The fourth-order valence-corrected chi connectivity index (χ4v) is 2.29. The van der Waals surface area contributed by atoms with Crippen molar-refractivity contribution in [3.05, 3.63) is 52.8 Å². The minimum absolute atomic E-state index is 0.308. The van der Waals surface area contributed by atoms with Crippen LogP contribution in [0.4, 0.5) is 10.1 Å². The summed E-state index contributed by atoms with van der Waals surface area (Å²) in [6.45, 7) is 1.79. The van der Waals surface area contributed by atoms with Crippen LogP contribution < -0.4 is 5.73 Å². The van der Waals surface area contributed by atoms with Gasteiger partial charge in [-0.05, 0) is 59.3 Å². The first kappa shape index (κ1) is 13.5. The van der Waals surface area contributed by atoms with Crippen LogP contribution in [-0.4, -0.2) is 20.2 Å². The average molecular weight is 304 g/mol. The first-order valence-corrected chi connectivity index (χ1v) is 6.54. The first-order valence-electron chi connectivity index (χ1n) is 6.16. The Hall–Kier alpha value is -2.47. The first-order chi connectivity index (χ1) is 10.1.